The van der Waals surface area contributed by atoms with E-state index in [1.165, 1.54) is 0 Å². The summed E-state index contributed by atoms with van der Waals surface area (Å²) in [4.78, 5) is 23.2. The van der Waals surface area contributed by atoms with Crippen LogP contribution in [-0.2, 0) is 6.42 Å². The molecule has 1 N–H and O–H groups in total. The molecule has 0 spiro atoms. The minimum absolute atomic E-state index is 0.154. The maximum Gasteiger partial charge on any atom is 0.254 e. The number of benzene rings is 1. The van der Waals surface area contributed by atoms with E-state index in [1.807, 2.05) is 24.3 Å². The summed E-state index contributed by atoms with van der Waals surface area (Å²) < 4.78 is 5.33. The fourth-order valence-electron chi connectivity index (χ4n) is 3.13. The van der Waals surface area contributed by atoms with Crippen molar-refractivity contribution in [2.24, 2.45) is 5.92 Å². The van der Waals surface area contributed by atoms with E-state index in [9.17, 15) is 4.79 Å². The van der Waals surface area contributed by atoms with Crippen molar-refractivity contribution in [3.8, 4) is 5.75 Å². The molecule has 0 bridgehead atoms. The molecule has 0 aliphatic carbocycles. The average molecular weight is 354 g/mol. The lowest BCUT2D eigenvalue weighted by Crippen LogP contribution is -2.34. The summed E-state index contributed by atoms with van der Waals surface area (Å²) in [5.74, 6) is 2.16. The monoisotopic (exact) mass is 354 g/mol. The first-order valence-electron chi connectivity index (χ1n) is 9.14. The van der Waals surface area contributed by atoms with Crippen LogP contribution in [0.5, 0.6) is 5.75 Å². The van der Waals surface area contributed by atoms with Crippen LogP contribution in [0.4, 0.5) is 5.95 Å². The Morgan fingerprint density at radius 3 is 2.62 bits per heavy atom. The molecule has 1 saturated heterocycles. The molecular formula is C20H26N4O2. The van der Waals surface area contributed by atoms with Crippen molar-refractivity contribution in [1.29, 1.82) is 0 Å². The van der Waals surface area contributed by atoms with Crippen LogP contribution >= 0.6 is 0 Å². The normalized spacial score (nSPS) is 14.9. The lowest BCUT2D eigenvalue weighted by atomic mass is 10.00. The van der Waals surface area contributed by atoms with Crippen molar-refractivity contribution < 1.29 is 9.53 Å². The van der Waals surface area contributed by atoms with E-state index < -0.39 is 0 Å². The van der Waals surface area contributed by atoms with Gasteiger partial charge >= 0.3 is 0 Å². The molecule has 1 fully saturated rings. The lowest BCUT2D eigenvalue weighted by Gasteiger charge is -2.30. The first-order chi connectivity index (χ1) is 12.7. The fraction of sp³-hybridized carbons (Fsp3) is 0.450. The minimum atomic E-state index is -0.154. The zero-order valence-electron chi connectivity index (χ0n) is 15.4. The van der Waals surface area contributed by atoms with Gasteiger partial charge in [0.1, 0.15) is 5.75 Å². The summed E-state index contributed by atoms with van der Waals surface area (Å²) in [6.07, 6.45) is 6.25. The van der Waals surface area contributed by atoms with Crippen LogP contribution in [0.15, 0.2) is 36.7 Å². The maximum absolute atomic E-state index is 12.3. The first-order valence-corrected chi connectivity index (χ1v) is 9.14. The van der Waals surface area contributed by atoms with Crippen molar-refractivity contribution in [2.75, 3.05) is 31.6 Å². The van der Waals surface area contributed by atoms with Gasteiger partial charge in [-0.2, -0.15) is 0 Å². The number of hydrogen-bond acceptors (Lipinski definition) is 5. The van der Waals surface area contributed by atoms with Gasteiger partial charge < -0.3 is 15.0 Å². The van der Waals surface area contributed by atoms with Crippen LogP contribution in [0, 0.1) is 5.92 Å². The molecule has 1 aliphatic rings. The van der Waals surface area contributed by atoms with E-state index in [0.717, 1.165) is 43.2 Å². The highest BCUT2D eigenvalue weighted by Gasteiger charge is 2.18. The second-order valence-electron chi connectivity index (χ2n) is 6.76. The van der Waals surface area contributed by atoms with Gasteiger partial charge in [0.25, 0.3) is 5.91 Å². The number of aromatic nitrogens is 2. The molecule has 1 aromatic carbocycles. The number of nitrogens with zero attached hydrogens (tertiary/aromatic N) is 3. The molecule has 6 nitrogen and oxygen atoms in total. The van der Waals surface area contributed by atoms with Gasteiger partial charge in [-0.3, -0.25) is 4.79 Å². The molecule has 1 amide bonds. The van der Waals surface area contributed by atoms with Gasteiger partial charge in [0, 0.05) is 32.0 Å². The molecule has 0 atom stereocenters. The third-order valence-electron chi connectivity index (χ3n) is 4.84. The number of rotatable bonds is 6. The van der Waals surface area contributed by atoms with Crippen molar-refractivity contribution in [2.45, 2.75) is 26.2 Å². The molecule has 0 saturated carbocycles. The average Bonchev–Trinajstić information content (AvgIpc) is 2.69. The Morgan fingerprint density at radius 2 is 1.92 bits per heavy atom. The third-order valence-corrected chi connectivity index (χ3v) is 4.84. The number of hydrogen-bond donors (Lipinski definition) is 1. The number of carbonyl (C=O) groups excluding carboxylic acids is 1. The van der Waals surface area contributed by atoms with Gasteiger partial charge in [0.05, 0.1) is 12.7 Å². The standard InChI is InChI=1S/C20H26N4O2/c1-15-8-11-24(12-9-15)20-22-13-17(14-23-20)19(25)21-10-7-16-5-3-4-6-18(16)26-2/h3-6,13-15H,7-12H2,1-2H3,(H,21,25). The zero-order valence-corrected chi connectivity index (χ0v) is 15.4. The lowest BCUT2D eigenvalue weighted by molar-refractivity contribution is 0.0953. The topological polar surface area (TPSA) is 67.3 Å². The Labute approximate surface area is 154 Å². The van der Waals surface area contributed by atoms with Crippen LogP contribution in [0.3, 0.4) is 0 Å². The highest BCUT2D eigenvalue weighted by Crippen LogP contribution is 2.20. The fourth-order valence-corrected chi connectivity index (χ4v) is 3.13. The Balaban J connectivity index is 1.52. The Bertz CT molecular complexity index is 725. The molecular weight excluding hydrogens is 328 g/mol. The van der Waals surface area contributed by atoms with Crippen molar-refractivity contribution in [1.82, 2.24) is 15.3 Å². The molecule has 3 rings (SSSR count). The number of anilines is 1. The third kappa shape index (κ3) is 4.50. The van der Waals surface area contributed by atoms with Gasteiger partial charge in [-0.15, -0.1) is 0 Å². The zero-order chi connectivity index (χ0) is 18.4. The Hall–Kier alpha value is -2.63. The van der Waals surface area contributed by atoms with Crippen LogP contribution in [0.2, 0.25) is 0 Å². The highest BCUT2D eigenvalue weighted by atomic mass is 16.5. The first kappa shape index (κ1) is 18.2. The number of nitrogens with one attached hydrogen (secondary N) is 1. The molecule has 0 unspecified atom stereocenters. The van der Waals surface area contributed by atoms with Gasteiger partial charge in [0.2, 0.25) is 5.95 Å². The molecule has 2 heterocycles. The Morgan fingerprint density at radius 1 is 1.23 bits per heavy atom. The minimum Gasteiger partial charge on any atom is -0.496 e. The number of amides is 1. The molecule has 6 heteroatoms. The van der Waals surface area contributed by atoms with Gasteiger partial charge in [0.15, 0.2) is 0 Å². The predicted molar refractivity (Wildman–Crippen MR) is 102 cm³/mol. The Kier molecular flexibility index (Phi) is 6.04. The van der Waals surface area contributed by atoms with Crippen molar-refractivity contribution in [3.05, 3.63) is 47.8 Å². The van der Waals surface area contributed by atoms with E-state index in [-0.39, 0.29) is 5.91 Å². The second kappa shape index (κ2) is 8.65. The second-order valence-corrected chi connectivity index (χ2v) is 6.76. The molecule has 0 radical (unpaired) electrons. The van der Waals surface area contributed by atoms with Gasteiger partial charge in [-0.05, 0) is 36.8 Å². The number of carbonyl (C=O) groups is 1. The summed E-state index contributed by atoms with van der Waals surface area (Å²) in [5.41, 5.74) is 1.56. The van der Waals surface area contributed by atoms with E-state index in [0.29, 0.717) is 24.5 Å². The van der Waals surface area contributed by atoms with E-state index in [4.69, 9.17) is 4.74 Å². The summed E-state index contributed by atoms with van der Waals surface area (Å²) >= 11 is 0. The van der Waals surface area contributed by atoms with Crippen molar-refractivity contribution in [3.63, 3.8) is 0 Å². The van der Waals surface area contributed by atoms with Gasteiger partial charge in [-0.1, -0.05) is 25.1 Å². The van der Waals surface area contributed by atoms with E-state index >= 15 is 0 Å². The summed E-state index contributed by atoms with van der Waals surface area (Å²) in [5, 5.41) is 2.92. The number of piperidine rings is 1. The number of para-hydroxylation sites is 1. The molecule has 1 aromatic heterocycles. The van der Waals surface area contributed by atoms with Crippen molar-refractivity contribution >= 4 is 11.9 Å². The van der Waals surface area contributed by atoms with Crippen LogP contribution < -0.4 is 15.0 Å². The van der Waals surface area contributed by atoms with E-state index in [1.54, 1.807) is 19.5 Å². The van der Waals surface area contributed by atoms with Gasteiger partial charge in [-0.25, -0.2) is 9.97 Å². The maximum atomic E-state index is 12.3. The highest BCUT2D eigenvalue weighted by molar-refractivity contribution is 5.93. The van der Waals surface area contributed by atoms with Crippen LogP contribution in [0.25, 0.3) is 0 Å². The van der Waals surface area contributed by atoms with E-state index in [2.05, 4.69) is 27.1 Å². The molecule has 1 aliphatic heterocycles. The summed E-state index contributed by atoms with van der Waals surface area (Å²) in [7, 11) is 1.65. The van der Waals surface area contributed by atoms with Crippen LogP contribution in [0.1, 0.15) is 35.7 Å². The molecule has 138 valence electrons. The predicted octanol–water partition coefficient (Wildman–Crippen LogP) is 2.69. The number of ether oxygens (including phenoxy) is 1. The molecule has 26 heavy (non-hydrogen) atoms. The summed E-state index contributed by atoms with van der Waals surface area (Å²) in [6.45, 7) is 4.76. The summed E-state index contributed by atoms with van der Waals surface area (Å²) in [6, 6.07) is 7.82. The smallest absolute Gasteiger partial charge is 0.254 e. The number of methoxy groups -OCH3 is 1. The molecule has 2 aromatic rings. The SMILES string of the molecule is COc1ccccc1CCNC(=O)c1cnc(N2CCC(C)CC2)nc1. The van der Waals surface area contributed by atoms with Crippen LogP contribution in [-0.4, -0.2) is 42.6 Å². The largest absolute Gasteiger partial charge is 0.496 e. The quantitative estimate of drug-likeness (QED) is 0.864.